The Morgan fingerprint density at radius 3 is 1.96 bits per heavy atom. The Morgan fingerprint density at radius 1 is 0.923 bits per heavy atom. The number of pyridine rings is 1. The number of carbonyl (C=O) groups is 2. The molecule has 0 aromatic carbocycles. The van der Waals surface area contributed by atoms with Gasteiger partial charge in [0.2, 0.25) is 0 Å². The van der Waals surface area contributed by atoms with Crippen LogP contribution in [0.1, 0.15) is 62.5 Å². The van der Waals surface area contributed by atoms with Gasteiger partial charge in [-0.25, -0.2) is 19.6 Å². The molecule has 0 aliphatic rings. The lowest BCUT2D eigenvalue weighted by Crippen LogP contribution is -2.24. The average molecular weight is 397 g/mol. The Hall–Kier alpha value is -1.99. The lowest BCUT2D eigenvalue weighted by Gasteiger charge is -2.19. The Balaban J connectivity index is 2.23. The summed E-state index contributed by atoms with van der Waals surface area (Å²) in [5.74, 6) is -1.06. The molecule has 8 heteroatoms. The molecule has 0 saturated carbocycles. The maximum Gasteiger partial charge on any atom is 0.358 e. The Labute approximate surface area is 161 Å². The summed E-state index contributed by atoms with van der Waals surface area (Å²) < 4.78 is 10.6. The van der Waals surface area contributed by atoms with E-state index in [1.54, 1.807) is 53.0 Å². The summed E-state index contributed by atoms with van der Waals surface area (Å²) in [6.07, 6.45) is 0. The number of carbonyl (C=O) groups excluding carboxylic acids is 2. The van der Waals surface area contributed by atoms with E-state index >= 15 is 0 Å². The summed E-state index contributed by atoms with van der Waals surface area (Å²) in [5, 5.41) is 2.22. The number of esters is 2. The molecule has 0 bridgehead atoms. The van der Waals surface area contributed by atoms with Crippen molar-refractivity contribution in [2.45, 2.75) is 52.7 Å². The van der Waals surface area contributed by atoms with Gasteiger partial charge < -0.3 is 9.47 Å². The molecule has 2 rings (SSSR count). The molecule has 2 heterocycles. The van der Waals surface area contributed by atoms with E-state index in [2.05, 4.69) is 9.97 Å². The molecular formula is C18H21ClN2O4S. The number of hydrogen-bond donors (Lipinski definition) is 0. The van der Waals surface area contributed by atoms with Gasteiger partial charge in [-0.3, -0.25) is 0 Å². The van der Waals surface area contributed by atoms with Crippen LogP contribution in [-0.4, -0.2) is 33.1 Å². The molecule has 2 aromatic heterocycles. The Kier molecular flexibility index (Phi) is 5.73. The standard InChI is InChI=1S/C18H21ClN2O4S/c1-17(2,3)24-15(22)11-8-7-10(13(19)20-11)14-21-12(9-26-14)16(23)25-18(4,5)6/h7-9H,1-6H3. The minimum absolute atomic E-state index is 0.109. The SMILES string of the molecule is CC(C)(C)OC(=O)c1csc(-c2ccc(C(=O)OC(C)(C)C)nc2Cl)n1. The fourth-order valence-corrected chi connectivity index (χ4v) is 2.97. The highest BCUT2D eigenvalue weighted by atomic mass is 35.5. The molecule has 0 unspecified atom stereocenters. The third-order valence-corrected chi connectivity index (χ3v) is 3.96. The van der Waals surface area contributed by atoms with Gasteiger partial charge in [-0.2, -0.15) is 0 Å². The number of halogens is 1. The first-order chi connectivity index (χ1) is 11.9. The summed E-state index contributed by atoms with van der Waals surface area (Å²) in [6.45, 7) is 10.7. The van der Waals surface area contributed by atoms with Crippen LogP contribution in [0.25, 0.3) is 10.6 Å². The van der Waals surface area contributed by atoms with E-state index < -0.39 is 23.1 Å². The maximum absolute atomic E-state index is 12.1. The first-order valence-corrected chi connectivity index (χ1v) is 9.20. The summed E-state index contributed by atoms with van der Waals surface area (Å²) in [6, 6.07) is 3.15. The molecule has 0 spiro atoms. The Bertz CT molecular complexity index is 834. The molecule has 0 amide bonds. The number of ether oxygens (including phenoxy) is 2. The van der Waals surface area contributed by atoms with Crippen molar-refractivity contribution >= 4 is 34.9 Å². The number of aromatic nitrogens is 2. The summed E-state index contributed by atoms with van der Waals surface area (Å²) in [4.78, 5) is 32.5. The predicted octanol–water partition coefficient (Wildman–Crippen LogP) is 4.77. The van der Waals surface area contributed by atoms with Gasteiger partial charge >= 0.3 is 11.9 Å². The fourth-order valence-electron chi connectivity index (χ4n) is 1.86. The molecule has 0 atom stereocenters. The molecule has 0 aliphatic heterocycles. The third kappa shape index (κ3) is 5.51. The van der Waals surface area contributed by atoms with E-state index in [-0.39, 0.29) is 16.5 Å². The van der Waals surface area contributed by atoms with Crippen molar-refractivity contribution in [1.82, 2.24) is 9.97 Å². The zero-order valence-electron chi connectivity index (χ0n) is 15.5. The predicted molar refractivity (Wildman–Crippen MR) is 101 cm³/mol. The van der Waals surface area contributed by atoms with E-state index in [0.717, 1.165) is 0 Å². The van der Waals surface area contributed by atoms with Gasteiger partial charge in [0.05, 0.1) is 0 Å². The smallest absolute Gasteiger partial charge is 0.358 e. The van der Waals surface area contributed by atoms with E-state index in [1.165, 1.54) is 17.4 Å². The monoisotopic (exact) mass is 396 g/mol. The molecule has 0 aliphatic carbocycles. The van der Waals surface area contributed by atoms with Crippen molar-refractivity contribution in [3.05, 3.63) is 34.1 Å². The van der Waals surface area contributed by atoms with Crippen molar-refractivity contribution in [1.29, 1.82) is 0 Å². The highest BCUT2D eigenvalue weighted by molar-refractivity contribution is 7.13. The summed E-state index contributed by atoms with van der Waals surface area (Å²) >= 11 is 7.45. The molecule has 0 saturated heterocycles. The van der Waals surface area contributed by atoms with Crippen molar-refractivity contribution in [2.24, 2.45) is 0 Å². The molecule has 0 fully saturated rings. The molecule has 0 N–H and O–H groups in total. The van der Waals surface area contributed by atoms with Gasteiger partial charge in [0.15, 0.2) is 5.69 Å². The van der Waals surface area contributed by atoms with Gasteiger partial charge in [0.1, 0.15) is 27.1 Å². The molecule has 6 nitrogen and oxygen atoms in total. The van der Waals surface area contributed by atoms with Crippen LogP contribution in [0.3, 0.4) is 0 Å². The largest absolute Gasteiger partial charge is 0.455 e. The van der Waals surface area contributed by atoms with Crippen LogP contribution in [0.5, 0.6) is 0 Å². The number of hydrogen-bond acceptors (Lipinski definition) is 7. The van der Waals surface area contributed by atoms with Crippen LogP contribution in [0.2, 0.25) is 5.15 Å². The highest BCUT2D eigenvalue weighted by Gasteiger charge is 2.23. The fraction of sp³-hybridized carbons (Fsp3) is 0.444. The van der Waals surface area contributed by atoms with Crippen molar-refractivity contribution in [3.63, 3.8) is 0 Å². The van der Waals surface area contributed by atoms with Crippen LogP contribution < -0.4 is 0 Å². The van der Waals surface area contributed by atoms with Gasteiger partial charge in [0.25, 0.3) is 0 Å². The average Bonchev–Trinajstić information content (AvgIpc) is 2.93. The zero-order valence-corrected chi connectivity index (χ0v) is 17.1. The van der Waals surface area contributed by atoms with E-state index in [0.29, 0.717) is 10.6 Å². The first-order valence-electron chi connectivity index (χ1n) is 7.95. The lowest BCUT2D eigenvalue weighted by atomic mass is 10.2. The van der Waals surface area contributed by atoms with E-state index in [4.69, 9.17) is 21.1 Å². The van der Waals surface area contributed by atoms with Crippen LogP contribution in [0, 0.1) is 0 Å². The molecule has 2 aromatic rings. The second-order valence-corrected chi connectivity index (χ2v) is 8.79. The quantitative estimate of drug-likeness (QED) is 0.549. The van der Waals surface area contributed by atoms with Crippen LogP contribution in [-0.2, 0) is 9.47 Å². The molecular weight excluding hydrogens is 376 g/mol. The molecule has 26 heavy (non-hydrogen) atoms. The first kappa shape index (κ1) is 20.3. The van der Waals surface area contributed by atoms with Gasteiger partial charge in [0, 0.05) is 10.9 Å². The number of nitrogens with zero attached hydrogens (tertiary/aromatic N) is 2. The molecule has 0 radical (unpaired) electrons. The minimum atomic E-state index is -0.623. The van der Waals surface area contributed by atoms with Crippen molar-refractivity contribution in [2.75, 3.05) is 0 Å². The number of thiazole rings is 1. The maximum atomic E-state index is 12.1. The highest BCUT2D eigenvalue weighted by Crippen LogP contribution is 2.30. The van der Waals surface area contributed by atoms with Crippen molar-refractivity contribution < 1.29 is 19.1 Å². The van der Waals surface area contributed by atoms with Gasteiger partial charge in [-0.05, 0) is 53.7 Å². The Morgan fingerprint density at radius 2 is 1.46 bits per heavy atom. The van der Waals surface area contributed by atoms with Gasteiger partial charge in [-0.1, -0.05) is 11.6 Å². The summed E-state index contributed by atoms with van der Waals surface area (Å²) in [5.41, 5.74) is -0.389. The summed E-state index contributed by atoms with van der Waals surface area (Å²) in [7, 11) is 0. The third-order valence-electron chi connectivity index (χ3n) is 2.80. The molecule has 140 valence electrons. The van der Waals surface area contributed by atoms with Crippen LogP contribution in [0.4, 0.5) is 0 Å². The topological polar surface area (TPSA) is 78.4 Å². The second-order valence-electron chi connectivity index (χ2n) is 7.58. The van der Waals surface area contributed by atoms with E-state index in [1.807, 2.05) is 0 Å². The van der Waals surface area contributed by atoms with Crippen LogP contribution in [0.15, 0.2) is 17.5 Å². The number of rotatable bonds is 3. The minimum Gasteiger partial charge on any atom is -0.455 e. The normalized spacial score (nSPS) is 12.0. The second kappa shape index (κ2) is 7.32. The van der Waals surface area contributed by atoms with Crippen LogP contribution >= 0.6 is 22.9 Å². The lowest BCUT2D eigenvalue weighted by molar-refractivity contribution is 0.00512. The van der Waals surface area contributed by atoms with Gasteiger partial charge in [-0.15, -0.1) is 11.3 Å². The zero-order chi connectivity index (χ0) is 19.7. The van der Waals surface area contributed by atoms with E-state index in [9.17, 15) is 9.59 Å². The van der Waals surface area contributed by atoms with Crippen molar-refractivity contribution in [3.8, 4) is 10.6 Å².